The fourth-order valence-corrected chi connectivity index (χ4v) is 6.12. The first kappa shape index (κ1) is 24.1. The van der Waals surface area contributed by atoms with Crippen LogP contribution in [0.2, 0.25) is 0 Å². The highest BCUT2D eigenvalue weighted by Gasteiger charge is 2.47. The lowest BCUT2D eigenvalue weighted by Crippen LogP contribution is -2.57. The maximum absolute atomic E-state index is 14.7. The minimum Gasteiger partial charge on any atom is -0.494 e. The van der Waals surface area contributed by atoms with Gasteiger partial charge in [-0.1, -0.05) is 0 Å². The number of carbonyl (C=O) groups is 1. The van der Waals surface area contributed by atoms with Crippen LogP contribution in [-0.2, 0) is 0 Å². The molecule has 0 atom stereocenters. The van der Waals surface area contributed by atoms with Crippen molar-refractivity contribution in [3.8, 4) is 22.7 Å². The van der Waals surface area contributed by atoms with E-state index in [4.69, 9.17) is 4.74 Å². The van der Waals surface area contributed by atoms with Crippen LogP contribution in [0, 0.1) is 18.2 Å². The van der Waals surface area contributed by atoms with E-state index < -0.39 is 5.82 Å². The summed E-state index contributed by atoms with van der Waals surface area (Å²) in [5.41, 5.74) is 5.35. The van der Waals surface area contributed by atoms with E-state index in [1.807, 2.05) is 25.4 Å². The van der Waals surface area contributed by atoms with Crippen LogP contribution >= 0.6 is 0 Å². The molecule has 0 bridgehead atoms. The second kappa shape index (κ2) is 8.81. The van der Waals surface area contributed by atoms with Gasteiger partial charge < -0.3 is 19.9 Å². The number of hydrogen-bond donors (Lipinski definition) is 1. The Hall–Kier alpha value is -3.92. The number of aryl methyl sites for hydroxylation is 1. The quantitative estimate of drug-likeness (QED) is 0.411. The third-order valence-electron chi connectivity index (χ3n) is 8.40. The number of ether oxygens (including phenoxy) is 1. The van der Waals surface area contributed by atoms with E-state index in [9.17, 15) is 9.18 Å². The first-order valence-electron chi connectivity index (χ1n) is 13.5. The number of amides is 1. The van der Waals surface area contributed by atoms with Gasteiger partial charge in [-0.2, -0.15) is 5.10 Å². The van der Waals surface area contributed by atoms with Crippen LogP contribution in [-0.4, -0.2) is 76.4 Å². The molecule has 1 saturated carbocycles. The van der Waals surface area contributed by atoms with Crippen molar-refractivity contribution in [1.29, 1.82) is 0 Å². The van der Waals surface area contributed by atoms with E-state index in [0.29, 0.717) is 16.7 Å². The third kappa shape index (κ3) is 4.14. The van der Waals surface area contributed by atoms with E-state index in [2.05, 4.69) is 42.8 Å². The van der Waals surface area contributed by atoms with Crippen molar-refractivity contribution in [2.75, 3.05) is 45.2 Å². The van der Waals surface area contributed by atoms with E-state index in [1.54, 1.807) is 24.1 Å². The van der Waals surface area contributed by atoms with E-state index in [-0.39, 0.29) is 17.5 Å². The Kier molecular flexibility index (Phi) is 5.45. The lowest BCUT2D eigenvalue weighted by molar-refractivity contribution is 0.0947. The van der Waals surface area contributed by atoms with Gasteiger partial charge in [-0.3, -0.25) is 9.20 Å². The fourth-order valence-electron chi connectivity index (χ4n) is 6.12. The van der Waals surface area contributed by atoms with Crippen LogP contribution in [0.1, 0.15) is 35.2 Å². The fraction of sp³-hybridized carbons (Fsp3) is 0.414. The summed E-state index contributed by atoms with van der Waals surface area (Å²) in [6.07, 6.45) is 10.7. The van der Waals surface area contributed by atoms with Crippen LogP contribution in [0.5, 0.6) is 5.75 Å². The molecular weight excluding hydrogens is 497 g/mol. The number of fused-ring (bicyclic) bond motifs is 1. The number of anilines is 1. The maximum Gasteiger partial charge on any atom is 0.254 e. The molecule has 1 amide bonds. The highest BCUT2D eigenvalue weighted by atomic mass is 19.1. The van der Waals surface area contributed by atoms with Crippen molar-refractivity contribution in [1.82, 2.24) is 29.4 Å². The molecule has 202 valence electrons. The average molecular weight is 530 g/mol. The summed E-state index contributed by atoms with van der Waals surface area (Å²) in [4.78, 5) is 22.0. The summed E-state index contributed by atoms with van der Waals surface area (Å²) >= 11 is 0. The summed E-state index contributed by atoms with van der Waals surface area (Å²) in [6.45, 7) is 6.14. The molecule has 1 aromatic carbocycles. The van der Waals surface area contributed by atoms with Crippen molar-refractivity contribution in [3.05, 3.63) is 59.9 Å². The number of aromatic nitrogens is 4. The largest absolute Gasteiger partial charge is 0.494 e. The molecule has 1 N–H and O–H groups in total. The van der Waals surface area contributed by atoms with Crippen LogP contribution in [0.4, 0.5) is 10.1 Å². The Labute approximate surface area is 226 Å². The molecule has 7 rings (SSSR count). The molecule has 2 aliphatic heterocycles. The first-order valence-corrected chi connectivity index (χ1v) is 13.5. The number of benzene rings is 1. The SMILES string of the molecule is COc1cc2ncc(-c3cnn(-c4cc(C(=O)NC5CC5)c(F)cc4C)c3)n2cc1N1CC2(CCN(C)C2)C1. The number of pyridine rings is 1. The topological polar surface area (TPSA) is 79.9 Å². The number of halogens is 1. The van der Waals surface area contributed by atoms with Crippen molar-refractivity contribution >= 4 is 17.2 Å². The van der Waals surface area contributed by atoms with Gasteiger partial charge in [0, 0.05) is 55.1 Å². The second-order valence-corrected chi connectivity index (χ2v) is 11.5. The molecule has 5 heterocycles. The molecule has 0 unspecified atom stereocenters. The number of nitrogens with zero attached hydrogens (tertiary/aromatic N) is 6. The molecule has 1 aliphatic carbocycles. The number of rotatable bonds is 6. The minimum absolute atomic E-state index is 0.0341. The monoisotopic (exact) mass is 529 g/mol. The van der Waals surface area contributed by atoms with Gasteiger partial charge in [0.05, 0.1) is 42.1 Å². The van der Waals surface area contributed by atoms with Crippen molar-refractivity contribution in [3.63, 3.8) is 0 Å². The third-order valence-corrected chi connectivity index (χ3v) is 8.40. The molecule has 39 heavy (non-hydrogen) atoms. The zero-order valence-electron chi connectivity index (χ0n) is 22.4. The van der Waals surface area contributed by atoms with Gasteiger partial charge in [0.2, 0.25) is 0 Å². The van der Waals surface area contributed by atoms with Gasteiger partial charge in [0.25, 0.3) is 5.91 Å². The number of methoxy groups -OCH3 is 1. The number of imidazole rings is 1. The Morgan fingerprint density at radius 1 is 1.13 bits per heavy atom. The summed E-state index contributed by atoms with van der Waals surface area (Å²) in [5, 5.41) is 7.44. The van der Waals surface area contributed by atoms with Crippen LogP contribution in [0.25, 0.3) is 22.6 Å². The summed E-state index contributed by atoms with van der Waals surface area (Å²) in [7, 11) is 3.89. The Bertz CT molecular complexity index is 1600. The molecule has 1 spiro atoms. The number of likely N-dealkylation sites (tertiary alicyclic amines) is 1. The van der Waals surface area contributed by atoms with Gasteiger partial charge >= 0.3 is 0 Å². The molecule has 3 aliphatic rings. The molecule has 2 saturated heterocycles. The van der Waals surface area contributed by atoms with Gasteiger partial charge in [-0.05, 0) is 57.5 Å². The Balaban J connectivity index is 1.21. The van der Waals surface area contributed by atoms with Crippen LogP contribution in [0.15, 0.2) is 43.0 Å². The lowest BCUT2D eigenvalue weighted by Gasteiger charge is -2.49. The van der Waals surface area contributed by atoms with E-state index in [0.717, 1.165) is 67.4 Å². The van der Waals surface area contributed by atoms with Crippen molar-refractivity contribution in [2.24, 2.45) is 5.41 Å². The molecule has 3 aromatic heterocycles. The van der Waals surface area contributed by atoms with Crippen LogP contribution < -0.4 is 15.0 Å². The van der Waals surface area contributed by atoms with Crippen molar-refractivity contribution < 1.29 is 13.9 Å². The lowest BCUT2D eigenvalue weighted by atomic mass is 9.79. The Morgan fingerprint density at radius 3 is 2.67 bits per heavy atom. The first-order chi connectivity index (χ1) is 18.8. The summed E-state index contributed by atoms with van der Waals surface area (Å²) in [6, 6.07) is 5.10. The van der Waals surface area contributed by atoms with Crippen molar-refractivity contribution in [2.45, 2.75) is 32.2 Å². The minimum atomic E-state index is -0.526. The second-order valence-electron chi connectivity index (χ2n) is 11.5. The smallest absolute Gasteiger partial charge is 0.254 e. The Morgan fingerprint density at radius 2 is 1.95 bits per heavy atom. The molecule has 0 radical (unpaired) electrons. The molecule has 9 nitrogen and oxygen atoms in total. The number of nitrogens with one attached hydrogen (secondary N) is 1. The zero-order chi connectivity index (χ0) is 26.9. The standard InChI is InChI=1S/C29H32FN7O2/c1-18-8-22(30)21(28(38)33-20-4-5-20)9-23(18)37-13-19(11-32-37)24-12-31-27-10-26(39-3)25(14-36(24)27)35-16-29(17-35)6-7-34(2)15-29/h8-14,20H,4-7,15-17H2,1-3H3,(H,33,38). The highest BCUT2D eigenvalue weighted by Crippen LogP contribution is 2.44. The van der Waals surface area contributed by atoms with E-state index >= 15 is 0 Å². The van der Waals surface area contributed by atoms with Gasteiger partial charge in [-0.15, -0.1) is 0 Å². The average Bonchev–Trinajstić information content (AvgIpc) is 3.26. The van der Waals surface area contributed by atoms with E-state index in [1.165, 1.54) is 12.5 Å². The number of hydrogen-bond acceptors (Lipinski definition) is 6. The molecule has 4 aromatic rings. The number of carbonyl (C=O) groups excluding carboxylic acids is 1. The normalized spacial score (nSPS) is 18.6. The molecule has 3 fully saturated rings. The predicted molar refractivity (Wildman–Crippen MR) is 146 cm³/mol. The molecular formula is C29H32FN7O2. The van der Waals surface area contributed by atoms with Crippen LogP contribution in [0.3, 0.4) is 0 Å². The summed E-state index contributed by atoms with van der Waals surface area (Å²) in [5.74, 6) is -0.0959. The maximum atomic E-state index is 14.7. The van der Waals surface area contributed by atoms with Gasteiger partial charge in [0.15, 0.2) is 0 Å². The molecule has 10 heteroatoms. The van der Waals surface area contributed by atoms with Gasteiger partial charge in [-0.25, -0.2) is 14.1 Å². The highest BCUT2D eigenvalue weighted by molar-refractivity contribution is 5.95. The van der Waals surface area contributed by atoms with Gasteiger partial charge in [0.1, 0.15) is 17.2 Å². The summed E-state index contributed by atoms with van der Waals surface area (Å²) < 4.78 is 24.2. The predicted octanol–water partition coefficient (Wildman–Crippen LogP) is 3.68. The zero-order valence-corrected chi connectivity index (χ0v) is 22.4.